The molecule has 76 valence electrons. The average molecular weight is 185 g/mol. The van der Waals surface area contributed by atoms with Crippen molar-refractivity contribution in [3.63, 3.8) is 0 Å². The lowest BCUT2D eigenvalue weighted by Crippen LogP contribution is -2.36. The van der Waals surface area contributed by atoms with Gasteiger partial charge in [0.1, 0.15) is 0 Å². The molecule has 0 spiro atoms. The van der Waals surface area contributed by atoms with Gasteiger partial charge in [0.2, 0.25) is 0 Å². The third kappa shape index (κ3) is 3.35. The van der Waals surface area contributed by atoms with E-state index in [1.165, 1.54) is 26.4 Å². The number of methoxy groups -OCH3 is 1. The molecule has 0 aromatic heterocycles. The zero-order chi connectivity index (χ0) is 9.68. The Morgan fingerprint density at radius 3 is 2.92 bits per heavy atom. The molecule has 2 atom stereocenters. The summed E-state index contributed by atoms with van der Waals surface area (Å²) in [6.07, 6.45) is 4.66. The maximum Gasteiger partial charge on any atom is 0.308 e. The van der Waals surface area contributed by atoms with Crippen LogP contribution in [0.4, 0.5) is 0 Å². The second kappa shape index (κ2) is 5.22. The van der Waals surface area contributed by atoms with Gasteiger partial charge < -0.3 is 10.1 Å². The van der Waals surface area contributed by atoms with Crippen LogP contribution in [0.3, 0.4) is 0 Å². The van der Waals surface area contributed by atoms with Crippen molar-refractivity contribution in [1.82, 2.24) is 5.32 Å². The molecular formula is C10H19NO2. The van der Waals surface area contributed by atoms with E-state index >= 15 is 0 Å². The largest absolute Gasteiger partial charge is 0.469 e. The van der Waals surface area contributed by atoms with E-state index in [2.05, 4.69) is 10.1 Å². The van der Waals surface area contributed by atoms with E-state index in [0.29, 0.717) is 6.04 Å². The van der Waals surface area contributed by atoms with Gasteiger partial charge in [0.15, 0.2) is 0 Å². The molecule has 0 aromatic carbocycles. The third-order valence-electron chi connectivity index (χ3n) is 2.65. The summed E-state index contributed by atoms with van der Waals surface area (Å²) in [7, 11) is 1.45. The van der Waals surface area contributed by atoms with Crippen LogP contribution in [0, 0.1) is 5.92 Å². The van der Waals surface area contributed by atoms with Crippen molar-refractivity contribution in [2.45, 2.75) is 38.6 Å². The van der Waals surface area contributed by atoms with Crippen molar-refractivity contribution in [2.75, 3.05) is 13.7 Å². The summed E-state index contributed by atoms with van der Waals surface area (Å²) in [6.45, 7) is 3.03. The molecule has 3 heteroatoms. The Morgan fingerprint density at radius 1 is 1.62 bits per heavy atom. The van der Waals surface area contributed by atoms with Crippen molar-refractivity contribution in [3.05, 3.63) is 0 Å². The average Bonchev–Trinajstić information content (AvgIpc) is 2.18. The maximum atomic E-state index is 11.1. The van der Waals surface area contributed by atoms with E-state index in [0.717, 1.165) is 13.0 Å². The lowest BCUT2D eigenvalue weighted by molar-refractivity contribution is -0.145. The molecule has 0 amide bonds. The first-order valence-electron chi connectivity index (χ1n) is 5.05. The van der Waals surface area contributed by atoms with Crippen LogP contribution in [0.1, 0.15) is 32.6 Å². The van der Waals surface area contributed by atoms with Gasteiger partial charge in [-0.2, -0.15) is 0 Å². The molecule has 0 aliphatic carbocycles. The number of nitrogens with one attached hydrogen (secondary N) is 1. The smallest absolute Gasteiger partial charge is 0.308 e. The van der Waals surface area contributed by atoms with Gasteiger partial charge in [0, 0.05) is 6.04 Å². The van der Waals surface area contributed by atoms with E-state index in [4.69, 9.17) is 0 Å². The monoisotopic (exact) mass is 185 g/mol. The first kappa shape index (κ1) is 10.5. The topological polar surface area (TPSA) is 38.3 Å². The number of carbonyl (C=O) groups is 1. The highest BCUT2D eigenvalue weighted by molar-refractivity contribution is 5.71. The highest BCUT2D eigenvalue weighted by atomic mass is 16.5. The molecule has 1 aliphatic rings. The summed E-state index contributed by atoms with van der Waals surface area (Å²) in [6, 6.07) is 0.517. The van der Waals surface area contributed by atoms with Crippen molar-refractivity contribution in [2.24, 2.45) is 5.92 Å². The summed E-state index contributed by atoms with van der Waals surface area (Å²) in [4.78, 5) is 11.1. The van der Waals surface area contributed by atoms with E-state index in [9.17, 15) is 4.79 Å². The molecule has 0 saturated carbocycles. The van der Waals surface area contributed by atoms with Crippen molar-refractivity contribution in [3.8, 4) is 0 Å². The highest BCUT2D eigenvalue weighted by Gasteiger charge is 2.20. The Balaban J connectivity index is 2.25. The number of piperidine rings is 1. The molecule has 1 saturated heterocycles. The fourth-order valence-electron chi connectivity index (χ4n) is 1.85. The fourth-order valence-corrected chi connectivity index (χ4v) is 1.85. The normalized spacial score (nSPS) is 25.2. The molecular weight excluding hydrogens is 166 g/mol. The van der Waals surface area contributed by atoms with Crippen molar-refractivity contribution in [1.29, 1.82) is 0 Å². The summed E-state index contributed by atoms with van der Waals surface area (Å²) in [5.74, 6) is -0.0621. The predicted octanol–water partition coefficient (Wildman–Crippen LogP) is 1.33. The Bertz CT molecular complexity index is 164. The van der Waals surface area contributed by atoms with Crippen molar-refractivity contribution < 1.29 is 9.53 Å². The quantitative estimate of drug-likeness (QED) is 0.674. The van der Waals surface area contributed by atoms with Gasteiger partial charge in [-0.1, -0.05) is 13.3 Å². The zero-order valence-electron chi connectivity index (χ0n) is 8.51. The molecule has 0 bridgehead atoms. The summed E-state index contributed by atoms with van der Waals surface area (Å²) in [5, 5.41) is 3.42. The molecule has 1 N–H and O–H groups in total. The Kier molecular flexibility index (Phi) is 4.22. The maximum absolute atomic E-state index is 11.1. The third-order valence-corrected chi connectivity index (χ3v) is 2.65. The second-order valence-electron chi connectivity index (χ2n) is 3.81. The molecule has 0 aromatic rings. The number of rotatable bonds is 3. The lowest BCUT2D eigenvalue weighted by atomic mass is 9.95. The summed E-state index contributed by atoms with van der Waals surface area (Å²) in [5.41, 5.74) is 0. The van der Waals surface area contributed by atoms with Crippen LogP contribution in [-0.2, 0) is 9.53 Å². The molecule has 3 nitrogen and oxygen atoms in total. The Hall–Kier alpha value is -0.570. The van der Waals surface area contributed by atoms with E-state index < -0.39 is 0 Å². The van der Waals surface area contributed by atoms with Gasteiger partial charge in [0.05, 0.1) is 13.0 Å². The van der Waals surface area contributed by atoms with Crippen molar-refractivity contribution >= 4 is 5.97 Å². The predicted molar refractivity (Wildman–Crippen MR) is 51.4 cm³/mol. The SMILES string of the molecule is COC(=O)C(C)CC1CCCCN1. The van der Waals surface area contributed by atoms with Gasteiger partial charge in [-0.05, 0) is 25.8 Å². The van der Waals surface area contributed by atoms with Crippen LogP contribution >= 0.6 is 0 Å². The molecule has 0 radical (unpaired) electrons. The molecule has 2 unspecified atom stereocenters. The number of carbonyl (C=O) groups excluding carboxylic acids is 1. The van der Waals surface area contributed by atoms with Crippen LogP contribution in [0.25, 0.3) is 0 Å². The van der Waals surface area contributed by atoms with Crippen LogP contribution in [0.2, 0.25) is 0 Å². The second-order valence-corrected chi connectivity index (χ2v) is 3.81. The molecule has 13 heavy (non-hydrogen) atoms. The zero-order valence-corrected chi connectivity index (χ0v) is 8.51. The minimum Gasteiger partial charge on any atom is -0.469 e. The van der Waals surface area contributed by atoms with Crippen LogP contribution in [-0.4, -0.2) is 25.7 Å². The minimum atomic E-state index is -0.0904. The molecule has 1 fully saturated rings. The molecule has 1 heterocycles. The first-order chi connectivity index (χ1) is 6.24. The van der Waals surface area contributed by atoms with Gasteiger partial charge in [0.25, 0.3) is 0 Å². The Labute approximate surface area is 79.8 Å². The lowest BCUT2D eigenvalue weighted by Gasteiger charge is -2.25. The molecule has 1 rings (SSSR count). The number of hydrogen-bond donors (Lipinski definition) is 1. The van der Waals surface area contributed by atoms with Crippen LogP contribution < -0.4 is 5.32 Å². The van der Waals surface area contributed by atoms with Gasteiger partial charge >= 0.3 is 5.97 Å². The number of hydrogen-bond acceptors (Lipinski definition) is 3. The summed E-state index contributed by atoms with van der Waals surface area (Å²) >= 11 is 0. The fraction of sp³-hybridized carbons (Fsp3) is 0.900. The van der Waals surface area contributed by atoms with Gasteiger partial charge in [-0.25, -0.2) is 0 Å². The van der Waals surface area contributed by atoms with Crippen LogP contribution in [0.5, 0.6) is 0 Å². The number of ether oxygens (including phenoxy) is 1. The van der Waals surface area contributed by atoms with Crippen LogP contribution in [0.15, 0.2) is 0 Å². The number of esters is 1. The van der Waals surface area contributed by atoms with E-state index in [1.54, 1.807) is 0 Å². The highest BCUT2D eigenvalue weighted by Crippen LogP contribution is 2.15. The first-order valence-corrected chi connectivity index (χ1v) is 5.05. The van der Waals surface area contributed by atoms with Gasteiger partial charge in [-0.15, -0.1) is 0 Å². The Morgan fingerprint density at radius 2 is 2.38 bits per heavy atom. The molecule has 1 aliphatic heterocycles. The minimum absolute atomic E-state index is 0.0283. The standard InChI is InChI=1S/C10H19NO2/c1-8(10(12)13-2)7-9-5-3-4-6-11-9/h8-9,11H,3-7H2,1-2H3. The van der Waals surface area contributed by atoms with E-state index in [1.807, 2.05) is 6.92 Å². The van der Waals surface area contributed by atoms with Gasteiger partial charge in [-0.3, -0.25) is 4.79 Å². The summed E-state index contributed by atoms with van der Waals surface area (Å²) < 4.78 is 4.69. The van der Waals surface area contributed by atoms with E-state index in [-0.39, 0.29) is 11.9 Å².